The van der Waals surface area contributed by atoms with Crippen molar-refractivity contribution in [3.63, 3.8) is 0 Å². The largest absolute Gasteiger partial charge is 0.342 e. The van der Waals surface area contributed by atoms with Gasteiger partial charge in [-0.15, -0.1) is 0 Å². The molecule has 0 saturated carbocycles. The van der Waals surface area contributed by atoms with Crippen molar-refractivity contribution in [2.75, 3.05) is 23.8 Å². The number of carbonyl (C=O) groups excluding carboxylic acids is 1. The number of thiazole rings is 1. The lowest BCUT2D eigenvalue weighted by Crippen LogP contribution is -2.30. The number of nitrogens with zero attached hydrogens (tertiary/aromatic N) is 2. The van der Waals surface area contributed by atoms with Gasteiger partial charge >= 0.3 is 0 Å². The fourth-order valence-electron chi connectivity index (χ4n) is 2.65. The zero-order valence-electron chi connectivity index (χ0n) is 14.6. The van der Waals surface area contributed by atoms with Crippen LogP contribution in [0.3, 0.4) is 0 Å². The highest BCUT2D eigenvalue weighted by Crippen LogP contribution is 2.30. The number of aromatic nitrogens is 1. The molecule has 3 aromatic rings. The van der Waals surface area contributed by atoms with Gasteiger partial charge in [0.25, 0.3) is 0 Å². The summed E-state index contributed by atoms with van der Waals surface area (Å²) in [5, 5.41) is 3.84. The molecule has 0 spiro atoms. The van der Waals surface area contributed by atoms with Gasteiger partial charge in [-0.25, -0.2) is 4.98 Å². The van der Waals surface area contributed by atoms with E-state index in [1.807, 2.05) is 68.4 Å². The van der Waals surface area contributed by atoms with E-state index in [-0.39, 0.29) is 12.5 Å². The number of hydrogen-bond acceptors (Lipinski definition) is 4. The number of benzene rings is 2. The van der Waals surface area contributed by atoms with Gasteiger partial charge in [-0.2, -0.15) is 0 Å². The van der Waals surface area contributed by atoms with Crippen molar-refractivity contribution in [3.8, 4) is 10.4 Å². The molecule has 0 aliphatic heterocycles. The molecule has 0 bridgehead atoms. The van der Waals surface area contributed by atoms with Gasteiger partial charge in [0.05, 0.1) is 11.4 Å². The summed E-state index contributed by atoms with van der Waals surface area (Å²) in [6.45, 7) is 4.26. The first-order valence-electron chi connectivity index (χ1n) is 8.13. The fourth-order valence-corrected chi connectivity index (χ4v) is 3.53. The Morgan fingerprint density at radius 3 is 2.44 bits per heavy atom. The Morgan fingerprint density at radius 2 is 1.76 bits per heavy atom. The van der Waals surface area contributed by atoms with Crippen molar-refractivity contribution in [2.45, 2.75) is 13.8 Å². The first-order valence-corrected chi connectivity index (χ1v) is 8.94. The van der Waals surface area contributed by atoms with Crippen LogP contribution in [-0.4, -0.2) is 24.5 Å². The molecule has 1 heterocycles. The van der Waals surface area contributed by atoms with Crippen LogP contribution >= 0.6 is 11.3 Å². The average molecular weight is 351 g/mol. The lowest BCUT2D eigenvalue weighted by molar-refractivity contribution is -0.114. The summed E-state index contributed by atoms with van der Waals surface area (Å²) in [6, 6.07) is 16.1. The summed E-state index contributed by atoms with van der Waals surface area (Å²) in [7, 11) is 1.89. The molecule has 25 heavy (non-hydrogen) atoms. The van der Waals surface area contributed by atoms with Crippen molar-refractivity contribution in [1.29, 1.82) is 0 Å². The quantitative estimate of drug-likeness (QED) is 0.736. The predicted molar refractivity (Wildman–Crippen MR) is 105 cm³/mol. The number of rotatable bonds is 5. The van der Waals surface area contributed by atoms with E-state index in [0.717, 1.165) is 32.4 Å². The number of amides is 1. The first kappa shape index (κ1) is 17.2. The third kappa shape index (κ3) is 4.06. The Labute approximate surface area is 152 Å². The van der Waals surface area contributed by atoms with Gasteiger partial charge in [0.2, 0.25) is 5.91 Å². The maximum absolute atomic E-state index is 12.4. The van der Waals surface area contributed by atoms with E-state index in [2.05, 4.69) is 22.4 Å². The highest BCUT2D eigenvalue weighted by molar-refractivity contribution is 7.18. The molecule has 2 aromatic carbocycles. The van der Waals surface area contributed by atoms with Crippen LogP contribution in [0.1, 0.15) is 11.1 Å². The van der Waals surface area contributed by atoms with Crippen LogP contribution < -0.4 is 10.2 Å². The minimum Gasteiger partial charge on any atom is -0.342 e. The summed E-state index contributed by atoms with van der Waals surface area (Å²) < 4.78 is 0. The highest BCUT2D eigenvalue weighted by atomic mass is 32.1. The molecule has 5 heteroatoms. The smallest absolute Gasteiger partial charge is 0.243 e. The van der Waals surface area contributed by atoms with Gasteiger partial charge in [-0.05, 0) is 30.5 Å². The van der Waals surface area contributed by atoms with Crippen molar-refractivity contribution in [3.05, 3.63) is 65.9 Å². The molecular weight excluding hydrogens is 330 g/mol. The van der Waals surface area contributed by atoms with E-state index in [1.54, 1.807) is 11.3 Å². The Balaban J connectivity index is 1.67. The molecule has 1 N–H and O–H groups in total. The second-order valence-corrected chi connectivity index (χ2v) is 7.05. The normalized spacial score (nSPS) is 10.5. The monoisotopic (exact) mass is 351 g/mol. The Morgan fingerprint density at radius 1 is 1.08 bits per heavy atom. The summed E-state index contributed by atoms with van der Waals surface area (Å²) in [4.78, 5) is 19.8. The number of likely N-dealkylation sites (N-methyl/N-ethyl adjacent to an activating group) is 1. The Kier molecular flexibility index (Phi) is 5.14. The molecule has 1 amide bonds. The molecule has 128 valence electrons. The molecule has 0 unspecified atom stereocenters. The summed E-state index contributed by atoms with van der Waals surface area (Å²) in [5.41, 5.74) is 4.16. The van der Waals surface area contributed by atoms with Crippen molar-refractivity contribution in [2.24, 2.45) is 0 Å². The van der Waals surface area contributed by atoms with Gasteiger partial charge in [-0.1, -0.05) is 59.9 Å². The Bertz CT molecular complexity index is 853. The van der Waals surface area contributed by atoms with E-state index < -0.39 is 0 Å². The third-order valence-corrected chi connectivity index (χ3v) is 5.17. The number of para-hydroxylation sites is 1. The molecular formula is C20H21N3OS. The summed E-state index contributed by atoms with van der Waals surface area (Å²) >= 11 is 1.58. The van der Waals surface area contributed by atoms with Crippen molar-refractivity contribution >= 4 is 28.1 Å². The minimum atomic E-state index is -0.0450. The number of hydrogen-bond donors (Lipinski definition) is 1. The number of nitrogens with one attached hydrogen (secondary N) is 1. The molecule has 0 atom stereocenters. The standard InChI is InChI=1S/C20H21N3OS/c1-14-8-7-9-15(2)19(14)22-18(24)13-23(3)20-21-12-17(25-20)16-10-5-4-6-11-16/h4-12H,13H2,1-3H3,(H,22,24). The van der Waals surface area contributed by atoms with E-state index in [1.165, 1.54) is 0 Å². The summed E-state index contributed by atoms with van der Waals surface area (Å²) in [5.74, 6) is -0.0450. The Hall–Kier alpha value is -2.66. The van der Waals surface area contributed by atoms with Gasteiger partial charge in [0, 0.05) is 18.9 Å². The average Bonchev–Trinajstić information content (AvgIpc) is 3.09. The zero-order valence-corrected chi connectivity index (χ0v) is 15.4. The second-order valence-electron chi connectivity index (χ2n) is 6.04. The van der Waals surface area contributed by atoms with Gasteiger partial charge in [0.1, 0.15) is 0 Å². The zero-order chi connectivity index (χ0) is 17.8. The van der Waals surface area contributed by atoms with Crippen LogP contribution in [0.4, 0.5) is 10.8 Å². The summed E-state index contributed by atoms with van der Waals surface area (Å²) in [6.07, 6.45) is 1.86. The molecule has 0 aliphatic rings. The maximum atomic E-state index is 12.4. The highest BCUT2D eigenvalue weighted by Gasteiger charge is 2.13. The molecule has 3 rings (SSSR count). The molecule has 0 saturated heterocycles. The van der Waals surface area contributed by atoms with Crippen molar-refractivity contribution in [1.82, 2.24) is 4.98 Å². The van der Waals surface area contributed by atoms with Crippen LogP contribution in [0.5, 0.6) is 0 Å². The number of carbonyl (C=O) groups is 1. The predicted octanol–water partition coefficient (Wildman–Crippen LogP) is 4.50. The molecule has 1 aromatic heterocycles. The molecule has 0 radical (unpaired) electrons. The molecule has 0 aliphatic carbocycles. The number of aryl methyl sites for hydroxylation is 2. The van der Waals surface area contributed by atoms with Gasteiger partial charge < -0.3 is 10.2 Å². The van der Waals surface area contributed by atoms with Crippen LogP contribution in [0.15, 0.2) is 54.7 Å². The van der Waals surface area contributed by atoms with Gasteiger partial charge in [0.15, 0.2) is 5.13 Å². The first-order chi connectivity index (χ1) is 12.0. The lowest BCUT2D eigenvalue weighted by Gasteiger charge is -2.17. The van der Waals surface area contributed by atoms with Crippen molar-refractivity contribution < 1.29 is 4.79 Å². The fraction of sp³-hybridized carbons (Fsp3) is 0.200. The lowest BCUT2D eigenvalue weighted by atomic mass is 10.1. The van der Waals surface area contributed by atoms with E-state index in [4.69, 9.17) is 0 Å². The molecule has 4 nitrogen and oxygen atoms in total. The molecule has 0 fully saturated rings. The SMILES string of the molecule is Cc1cccc(C)c1NC(=O)CN(C)c1ncc(-c2ccccc2)s1. The topological polar surface area (TPSA) is 45.2 Å². The minimum absolute atomic E-state index is 0.0450. The van der Waals surface area contributed by atoms with Gasteiger partial charge in [-0.3, -0.25) is 4.79 Å². The third-order valence-electron chi connectivity index (χ3n) is 4.00. The second kappa shape index (κ2) is 7.49. The van der Waals surface area contributed by atoms with E-state index in [0.29, 0.717) is 0 Å². The van der Waals surface area contributed by atoms with Crippen LogP contribution in [-0.2, 0) is 4.79 Å². The van der Waals surface area contributed by atoms with E-state index >= 15 is 0 Å². The van der Waals surface area contributed by atoms with Crippen LogP contribution in [0.25, 0.3) is 10.4 Å². The maximum Gasteiger partial charge on any atom is 0.243 e. The van der Waals surface area contributed by atoms with E-state index in [9.17, 15) is 4.79 Å². The van der Waals surface area contributed by atoms with Crippen LogP contribution in [0.2, 0.25) is 0 Å². The number of anilines is 2. The van der Waals surface area contributed by atoms with Crippen LogP contribution in [0, 0.1) is 13.8 Å².